The summed E-state index contributed by atoms with van der Waals surface area (Å²) in [6.07, 6.45) is -5.68. The van der Waals surface area contributed by atoms with Crippen LogP contribution in [0.1, 0.15) is 12.8 Å². The first-order valence-corrected chi connectivity index (χ1v) is 6.82. The van der Waals surface area contributed by atoms with Crippen LogP contribution in [0.15, 0.2) is 30.3 Å². The number of carbonyl (C=O) groups excluding carboxylic acids is 2. The van der Waals surface area contributed by atoms with Gasteiger partial charge in [0.25, 0.3) is 0 Å². The summed E-state index contributed by atoms with van der Waals surface area (Å²) in [4.78, 5) is 22.7. The number of hydrogen-bond donors (Lipinski definition) is 5. The van der Waals surface area contributed by atoms with Crippen molar-refractivity contribution in [2.24, 2.45) is 0 Å². The Morgan fingerprint density at radius 3 is 2.59 bits per heavy atom. The second-order valence-electron chi connectivity index (χ2n) is 5.03. The molecule has 1 saturated heterocycles. The van der Waals surface area contributed by atoms with Crippen LogP contribution in [-0.2, 0) is 14.3 Å². The average molecular weight is 310 g/mol. The van der Waals surface area contributed by atoms with Crippen LogP contribution in [0, 0.1) is 0 Å². The SMILES string of the molecule is O=C(C[C@H](O)[C@H](O)[C@H]1C[C@H](O)C(=O)O1)NNc1ccccc1. The van der Waals surface area contributed by atoms with Crippen molar-refractivity contribution in [3.63, 3.8) is 0 Å². The predicted molar refractivity (Wildman–Crippen MR) is 75.3 cm³/mol. The minimum atomic E-state index is -1.44. The van der Waals surface area contributed by atoms with Crippen LogP contribution in [0.5, 0.6) is 0 Å². The number of aliphatic hydroxyl groups is 3. The number of benzene rings is 1. The first kappa shape index (κ1) is 16.2. The molecule has 2 rings (SSSR count). The van der Waals surface area contributed by atoms with Gasteiger partial charge in [0, 0.05) is 6.42 Å². The van der Waals surface area contributed by atoms with Gasteiger partial charge in [-0.25, -0.2) is 4.79 Å². The van der Waals surface area contributed by atoms with Crippen molar-refractivity contribution in [2.75, 3.05) is 5.43 Å². The Bertz CT molecular complexity index is 523. The summed E-state index contributed by atoms with van der Waals surface area (Å²) in [5.41, 5.74) is 5.70. The predicted octanol–water partition coefficient (Wildman–Crippen LogP) is -1.08. The van der Waals surface area contributed by atoms with Crippen molar-refractivity contribution >= 4 is 17.6 Å². The zero-order valence-electron chi connectivity index (χ0n) is 11.7. The van der Waals surface area contributed by atoms with Crippen LogP contribution in [0.3, 0.4) is 0 Å². The second-order valence-corrected chi connectivity index (χ2v) is 5.03. The minimum absolute atomic E-state index is 0.110. The van der Waals surface area contributed by atoms with E-state index in [0.29, 0.717) is 5.69 Å². The molecule has 5 N–H and O–H groups in total. The number of anilines is 1. The van der Waals surface area contributed by atoms with Gasteiger partial charge < -0.3 is 20.1 Å². The zero-order chi connectivity index (χ0) is 16.1. The van der Waals surface area contributed by atoms with Crippen LogP contribution < -0.4 is 10.9 Å². The van der Waals surface area contributed by atoms with Crippen molar-refractivity contribution in [1.29, 1.82) is 0 Å². The molecule has 8 heteroatoms. The fraction of sp³-hybridized carbons (Fsp3) is 0.429. The van der Waals surface area contributed by atoms with Gasteiger partial charge in [-0.1, -0.05) is 18.2 Å². The molecule has 1 aromatic rings. The number of carbonyl (C=O) groups is 2. The Balaban J connectivity index is 1.77. The van der Waals surface area contributed by atoms with Crippen molar-refractivity contribution in [3.05, 3.63) is 30.3 Å². The highest BCUT2D eigenvalue weighted by Crippen LogP contribution is 2.20. The van der Waals surface area contributed by atoms with Gasteiger partial charge in [-0.05, 0) is 12.1 Å². The highest BCUT2D eigenvalue weighted by Gasteiger charge is 2.40. The number of aliphatic hydroxyl groups excluding tert-OH is 3. The van der Waals surface area contributed by atoms with Gasteiger partial charge in [0.05, 0.1) is 18.2 Å². The molecule has 0 spiro atoms. The van der Waals surface area contributed by atoms with E-state index in [9.17, 15) is 24.9 Å². The Hall–Kier alpha value is -2.16. The summed E-state index contributed by atoms with van der Waals surface area (Å²) in [6, 6.07) is 8.87. The lowest BCUT2D eigenvalue weighted by molar-refractivity contribution is -0.153. The highest BCUT2D eigenvalue weighted by molar-refractivity contribution is 5.78. The lowest BCUT2D eigenvalue weighted by Gasteiger charge is -2.22. The minimum Gasteiger partial charge on any atom is -0.457 e. The van der Waals surface area contributed by atoms with Gasteiger partial charge in [-0.15, -0.1) is 0 Å². The third-order valence-electron chi connectivity index (χ3n) is 3.28. The summed E-state index contributed by atoms with van der Waals surface area (Å²) in [7, 11) is 0. The zero-order valence-corrected chi connectivity index (χ0v) is 11.7. The molecule has 1 fully saturated rings. The van der Waals surface area contributed by atoms with Gasteiger partial charge in [0.2, 0.25) is 5.91 Å². The Labute approximate surface area is 126 Å². The van der Waals surface area contributed by atoms with E-state index < -0.39 is 36.3 Å². The van der Waals surface area contributed by atoms with Gasteiger partial charge in [-0.3, -0.25) is 15.6 Å². The summed E-state index contributed by atoms with van der Waals surface area (Å²) in [5, 5.41) is 28.9. The first-order chi connectivity index (χ1) is 10.5. The molecule has 4 atom stereocenters. The topological polar surface area (TPSA) is 128 Å². The molecule has 0 bridgehead atoms. The van der Waals surface area contributed by atoms with E-state index in [1.807, 2.05) is 6.07 Å². The highest BCUT2D eigenvalue weighted by atomic mass is 16.6. The molecule has 120 valence electrons. The van der Waals surface area contributed by atoms with E-state index in [1.54, 1.807) is 24.3 Å². The largest absolute Gasteiger partial charge is 0.457 e. The van der Waals surface area contributed by atoms with Crippen molar-refractivity contribution < 1.29 is 29.6 Å². The number of esters is 1. The molecule has 0 aliphatic carbocycles. The maximum Gasteiger partial charge on any atom is 0.335 e. The molecule has 1 aliphatic rings. The number of hydrogen-bond acceptors (Lipinski definition) is 7. The molecule has 1 aromatic carbocycles. The molecule has 1 amide bonds. The van der Waals surface area contributed by atoms with Crippen LogP contribution in [0.4, 0.5) is 5.69 Å². The van der Waals surface area contributed by atoms with Crippen LogP contribution in [-0.4, -0.2) is 51.6 Å². The first-order valence-electron chi connectivity index (χ1n) is 6.82. The molecule has 1 heterocycles. The lowest BCUT2D eigenvalue weighted by Crippen LogP contribution is -2.41. The number of hydrazine groups is 1. The average Bonchev–Trinajstić information content (AvgIpc) is 2.85. The van der Waals surface area contributed by atoms with Crippen LogP contribution in [0.2, 0.25) is 0 Å². The number of ether oxygens (including phenoxy) is 1. The third-order valence-corrected chi connectivity index (χ3v) is 3.28. The van der Waals surface area contributed by atoms with Crippen LogP contribution >= 0.6 is 0 Å². The van der Waals surface area contributed by atoms with Gasteiger partial charge in [0.15, 0.2) is 6.10 Å². The standard InChI is InChI=1S/C14H18N2O6/c17-9(13(20)11-6-10(18)14(21)22-11)7-12(19)16-15-8-4-2-1-3-5-8/h1-5,9-11,13,15,17-18,20H,6-7H2,(H,16,19)/t9-,10-,11+,13-/m0/s1. The van der Waals surface area contributed by atoms with Crippen molar-refractivity contribution in [3.8, 4) is 0 Å². The number of rotatable bonds is 6. The number of cyclic esters (lactones) is 1. The normalized spacial score (nSPS) is 23.5. The number of amides is 1. The molecular formula is C14H18N2O6. The third kappa shape index (κ3) is 4.17. The molecule has 0 aromatic heterocycles. The molecule has 1 aliphatic heterocycles. The van der Waals surface area contributed by atoms with E-state index >= 15 is 0 Å². The number of nitrogens with one attached hydrogen (secondary N) is 2. The van der Waals surface area contributed by atoms with E-state index in [2.05, 4.69) is 10.9 Å². The molecule has 8 nitrogen and oxygen atoms in total. The maximum atomic E-state index is 11.7. The summed E-state index contributed by atoms with van der Waals surface area (Å²) >= 11 is 0. The smallest absolute Gasteiger partial charge is 0.335 e. The molecule has 0 unspecified atom stereocenters. The van der Waals surface area contributed by atoms with Crippen LogP contribution in [0.25, 0.3) is 0 Å². The van der Waals surface area contributed by atoms with Crippen molar-refractivity contribution in [2.45, 2.75) is 37.3 Å². The lowest BCUT2D eigenvalue weighted by atomic mass is 10.0. The van der Waals surface area contributed by atoms with Gasteiger partial charge in [-0.2, -0.15) is 0 Å². The monoisotopic (exact) mass is 310 g/mol. The van der Waals surface area contributed by atoms with E-state index in [1.165, 1.54) is 0 Å². The Morgan fingerprint density at radius 1 is 1.32 bits per heavy atom. The fourth-order valence-electron chi connectivity index (χ4n) is 2.07. The second kappa shape index (κ2) is 7.21. The summed E-state index contributed by atoms with van der Waals surface area (Å²) in [6.45, 7) is 0. The molecular weight excluding hydrogens is 292 g/mol. The molecule has 0 radical (unpaired) electrons. The Kier molecular flexibility index (Phi) is 5.31. The van der Waals surface area contributed by atoms with Gasteiger partial charge >= 0.3 is 5.97 Å². The molecule has 22 heavy (non-hydrogen) atoms. The quantitative estimate of drug-likeness (QED) is 0.334. The van der Waals surface area contributed by atoms with Gasteiger partial charge in [0.1, 0.15) is 12.2 Å². The summed E-state index contributed by atoms with van der Waals surface area (Å²) in [5.74, 6) is -1.38. The number of para-hydroxylation sites is 1. The maximum absolute atomic E-state index is 11.7. The molecule has 0 saturated carbocycles. The summed E-state index contributed by atoms with van der Waals surface area (Å²) < 4.78 is 4.72. The fourth-order valence-corrected chi connectivity index (χ4v) is 2.07. The van der Waals surface area contributed by atoms with E-state index in [0.717, 1.165) is 0 Å². The van der Waals surface area contributed by atoms with Crippen molar-refractivity contribution in [1.82, 2.24) is 5.43 Å². The Morgan fingerprint density at radius 2 is 2.00 bits per heavy atom. The van der Waals surface area contributed by atoms with E-state index in [-0.39, 0.29) is 12.8 Å². The van der Waals surface area contributed by atoms with E-state index in [4.69, 9.17) is 4.74 Å².